The summed E-state index contributed by atoms with van der Waals surface area (Å²) in [5, 5.41) is 0. The minimum absolute atomic E-state index is 0.727. The monoisotopic (exact) mass is 230 g/mol. The van der Waals surface area contributed by atoms with Crippen LogP contribution < -0.4 is 0 Å². The maximum Gasteiger partial charge on any atom is 0.216 e. The van der Waals surface area contributed by atoms with Crippen molar-refractivity contribution >= 4 is 5.90 Å². The zero-order chi connectivity index (χ0) is 11.5. The van der Waals surface area contributed by atoms with Gasteiger partial charge in [-0.2, -0.15) is 0 Å². The standard InChI is InChI=1S/C14H18N2O/c1-2-9-16(8-1)11-12-3-5-13(6-4-12)14-15-7-10-17-14/h3-6H,1-2,7-11H2. The number of rotatable bonds is 3. The minimum atomic E-state index is 0.727. The van der Waals surface area contributed by atoms with Crippen LogP contribution in [0.15, 0.2) is 29.3 Å². The summed E-state index contributed by atoms with van der Waals surface area (Å²) in [6.45, 7) is 5.10. The van der Waals surface area contributed by atoms with Crippen molar-refractivity contribution < 1.29 is 4.74 Å². The number of aliphatic imine (C=N–C) groups is 1. The molecule has 1 fully saturated rings. The van der Waals surface area contributed by atoms with Crippen LogP contribution in [0.3, 0.4) is 0 Å². The van der Waals surface area contributed by atoms with Gasteiger partial charge in [0, 0.05) is 12.1 Å². The molecule has 0 N–H and O–H groups in total. The summed E-state index contributed by atoms with van der Waals surface area (Å²) >= 11 is 0. The highest BCUT2D eigenvalue weighted by molar-refractivity contribution is 5.94. The van der Waals surface area contributed by atoms with Gasteiger partial charge in [0.05, 0.1) is 6.54 Å². The van der Waals surface area contributed by atoms with E-state index in [9.17, 15) is 0 Å². The van der Waals surface area contributed by atoms with E-state index in [0.29, 0.717) is 0 Å². The molecule has 1 aromatic rings. The normalized spacial score (nSPS) is 20.4. The molecule has 3 nitrogen and oxygen atoms in total. The Morgan fingerprint density at radius 1 is 1.12 bits per heavy atom. The van der Waals surface area contributed by atoms with E-state index < -0.39 is 0 Å². The molecule has 3 heteroatoms. The van der Waals surface area contributed by atoms with Crippen molar-refractivity contribution in [1.82, 2.24) is 4.90 Å². The molecule has 1 saturated heterocycles. The van der Waals surface area contributed by atoms with E-state index >= 15 is 0 Å². The lowest BCUT2D eigenvalue weighted by molar-refractivity contribution is 0.331. The lowest BCUT2D eigenvalue weighted by Crippen LogP contribution is -2.18. The molecule has 2 aliphatic heterocycles. The van der Waals surface area contributed by atoms with Crippen molar-refractivity contribution in [1.29, 1.82) is 0 Å². The van der Waals surface area contributed by atoms with E-state index in [1.165, 1.54) is 31.5 Å². The van der Waals surface area contributed by atoms with Crippen LogP contribution in [0.4, 0.5) is 0 Å². The van der Waals surface area contributed by atoms with Crippen LogP contribution in [0, 0.1) is 0 Å². The number of likely N-dealkylation sites (tertiary alicyclic amines) is 1. The highest BCUT2D eigenvalue weighted by Crippen LogP contribution is 2.14. The van der Waals surface area contributed by atoms with E-state index in [1.54, 1.807) is 0 Å². The van der Waals surface area contributed by atoms with Crippen LogP contribution in [0.25, 0.3) is 0 Å². The Balaban J connectivity index is 1.66. The average Bonchev–Trinajstić information content (AvgIpc) is 3.01. The van der Waals surface area contributed by atoms with Gasteiger partial charge >= 0.3 is 0 Å². The predicted octanol–water partition coefficient (Wildman–Crippen LogP) is 2.06. The first-order valence-electron chi connectivity index (χ1n) is 6.41. The molecule has 0 amide bonds. The van der Waals surface area contributed by atoms with Crippen LogP contribution in [0.2, 0.25) is 0 Å². The third-order valence-electron chi connectivity index (χ3n) is 3.39. The topological polar surface area (TPSA) is 24.8 Å². The summed E-state index contributed by atoms with van der Waals surface area (Å²) in [4.78, 5) is 6.84. The molecule has 0 atom stereocenters. The molecule has 0 bridgehead atoms. The first kappa shape index (κ1) is 10.8. The summed E-state index contributed by atoms with van der Waals surface area (Å²) in [6.07, 6.45) is 2.70. The zero-order valence-corrected chi connectivity index (χ0v) is 10.1. The predicted molar refractivity (Wildman–Crippen MR) is 68.3 cm³/mol. The Morgan fingerprint density at radius 2 is 1.88 bits per heavy atom. The van der Waals surface area contributed by atoms with Crippen molar-refractivity contribution in [3.8, 4) is 0 Å². The zero-order valence-electron chi connectivity index (χ0n) is 10.1. The molecule has 0 radical (unpaired) electrons. The second kappa shape index (κ2) is 4.88. The van der Waals surface area contributed by atoms with Crippen molar-refractivity contribution in [3.05, 3.63) is 35.4 Å². The highest BCUT2D eigenvalue weighted by atomic mass is 16.5. The second-order valence-corrected chi connectivity index (χ2v) is 4.72. The van der Waals surface area contributed by atoms with Gasteiger partial charge < -0.3 is 4.74 Å². The van der Waals surface area contributed by atoms with Gasteiger partial charge in [0.1, 0.15) is 6.61 Å². The first-order valence-corrected chi connectivity index (χ1v) is 6.41. The first-order chi connectivity index (χ1) is 8.42. The van der Waals surface area contributed by atoms with Gasteiger partial charge in [-0.25, -0.2) is 4.99 Å². The molecule has 0 spiro atoms. The molecule has 90 valence electrons. The van der Waals surface area contributed by atoms with E-state index in [0.717, 1.165) is 31.2 Å². The van der Waals surface area contributed by atoms with E-state index in [1.807, 2.05) is 0 Å². The van der Waals surface area contributed by atoms with Gasteiger partial charge in [-0.15, -0.1) is 0 Å². The molecule has 2 aliphatic rings. The number of benzene rings is 1. The van der Waals surface area contributed by atoms with Gasteiger partial charge in [0.2, 0.25) is 5.90 Å². The fraction of sp³-hybridized carbons (Fsp3) is 0.500. The van der Waals surface area contributed by atoms with E-state index in [-0.39, 0.29) is 0 Å². The van der Waals surface area contributed by atoms with E-state index in [4.69, 9.17) is 4.74 Å². The molecule has 2 heterocycles. The maximum absolute atomic E-state index is 5.45. The molecular formula is C14H18N2O. The lowest BCUT2D eigenvalue weighted by Gasteiger charge is -2.14. The summed E-state index contributed by atoms with van der Waals surface area (Å²) < 4.78 is 5.45. The van der Waals surface area contributed by atoms with Crippen molar-refractivity contribution in [3.63, 3.8) is 0 Å². The molecule has 3 rings (SSSR count). The SMILES string of the molecule is c1cc(C2=NCCO2)ccc1CN1CCCC1. The van der Waals surface area contributed by atoms with Crippen molar-refractivity contribution in [2.45, 2.75) is 19.4 Å². The molecule has 1 aromatic carbocycles. The Bertz CT molecular complexity index is 405. The van der Waals surface area contributed by atoms with Crippen molar-refractivity contribution in [2.24, 2.45) is 4.99 Å². The quantitative estimate of drug-likeness (QED) is 0.794. The molecule has 17 heavy (non-hydrogen) atoms. The third kappa shape index (κ3) is 2.50. The summed E-state index contributed by atoms with van der Waals surface area (Å²) in [5.74, 6) is 0.803. The highest BCUT2D eigenvalue weighted by Gasteiger charge is 2.13. The summed E-state index contributed by atoms with van der Waals surface area (Å²) in [6, 6.07) is 8.63. The fourth-order valence-corrected chi connectivity index (χ4v) is 2.46. The molecular weight excluding hydrogens is 212 g/mol. The van der Waals surface area contributed by atoms with Gasteiger partial charge in [-0.1, -0.05) is 12.1 Å². The molecule has 0 aliphatic carbocycles. The van der Waals surface area contributed by atoms with Crippen LogP contribution in [-0.4, -0.2) is 37.0 Å². The van der Waals surface area contributed by atoms with Gasteiger partial charge in [-0.3, -0.25) is 4.90 Å². The van der Waals surface area contributed by atoms with Gasteiger partial charge in [-0.05, 0) is 43.6 Å². The average molecular weight is 230 g/mol. The number of hydrogen-bond donors (Lipinski definition) is 0. The van der Waals surface area contributed by atoms with Gasteiger partial charge in [0.15, 0.2) is 0 Å². The number of hydrogen-bond acceptors (Lipinski definition) is 3. The second-order valence-electron chi connectivity index (χ2n) is 4.72. The smallest absolute Gasteiger partial charge is 0.216 e. The minimum Gasteiger partial charge on any atom is -0.476 e. The summed E-state index contributed by atoms with van der Waals surface area (Å²) in [7, 11) is 0. The van der Waals surface area contributed by atoms with Crippen LogP contribution in [-0.2, 0) is 11.3 Å². The van der Waals surface area contributed by atoms with Crippen LogP contribution >= 0.6 is 0 Å². The fourth-order valence-electron chi connectivity index (χ4n) is 2.46. The Labute approximate surface area is 102 Å². The number of nitrogens with zero attached hydrogens (tertiary/aromatic N) is 2. The molecule has 0 unspecified atom stereocenters. The largest absolute Gasteiger partial charge is 0.476 e. The lowest BCUT2D eigenvalue weighted by atomic mass is 10.1. The molecule has 0 aromatic heterocycles. The Kier molecular flexibility index (Phi) is 3.10. The summed E-state index contributed by atoms with van der Waals surface area (Å²) in [5.41, 5.74) is 2.49. The van der Waals surface area contributed by atoms with Gasteiger partial charge in [0.25, 0.3) is 0 Å². The van der Waals surface area contributed by atoms with Crippen LogP contribution in [0.5, 0.6) is 0 Å². The molecule has 0 saturated carbocycles. The van der Waals surface area contributed by atoms with Crippen LogP contribution in [0.1, 0.15) is 24.0 Å². The Morgan fingerprint density at radius 3 is 2.53 bits per heavy atom. The van der Waals surface area contributed by atoms with Crippen molar-refractivity contribution in [2.75, 3.05) is 26.2 Å². The van der Waals surface area contributed by atoms with E-state index in [2.05, 4.69) is 34.2 Å². The Hall–Kier alpha value is -1.35. The third-order valence-corrected chi connectivity index (χ3v) is 3.39. The maximum atomic E-state index is 5.45. The number of ether oxygens (including phenoxy) is 1.